The zero-order valence-corrected chi connectivity index (χ0v) is 14.0. The molecule has 0 unspecified atom stereocenters. The molecular weight excluding hydrogens is 346 g/mol. The third-order valence-electron chi connectivity index (χ3n) is 3.35. The number of amides is 2. The number of benzene rings is 2. The summed E-state index contributed by atoms with van der Waals surface area (Å²) in [5.74, 6) is -0.300. The van der Waals surface area contributed by atoms with Gasteiger partial charge in [0, 0.05) is 5.56 Å². The highest BCUT2D eigenvalue weighted by Crippen LogP contribution is 2.29. The minimum atomic E-state index is -3.48. The molecule has 1 aliphatic heterocycles. The van der Waals surface area contributed by atoms with Crippen molar-refractivity contribution in [3.63, 3.8) is 0 Å². The van der Waals surface area contributed by atoms with Crippen LogP contribution < -0.4 is 20.1 Å². The van der Waals surface area contributed by atoms with Crippen LogP contribution in [-0.4, -0.2) is 33.1 Å². The zero-order valence-electron chi connectivity index (χ0n) is 13.2. The highest BCUT2D eigenvalue weighted by atomic mass is 32.2. The van der Waals surface area contributed by atoms with Gasteiger partial charge in [-0.25, -0.2) is 8.42 Å². The van der Waals surface area contributed by atoms with Crippen molar-refractivity contribution >= 4 is 38.9 Å². The van der Waals surface area contributed by atoms with Crippen LogP contribution in [0.25, 0.3) is 0 Å². The molecule has 0 bridgehead atoms. The standard InChI is InChI=1S/C16H15N3O5S/c1-25(22,23)19-12-5-3-2-4-11(12)18-16(21)10-6-7-13-14(8-10)24-9-15(20)17-13/h2-8,19H,9H2,1H3,(H,17,20)(H,18,21). The third-order valence-corrected chi connectivity index (χ3v) is 3.94. The summed E-state index contributed by atoms with van der Waals surface area (Å²) >= 11 is 0. The first-order chi connectivity index (χ1) is 11.8. The molecule has 0 fully saturated rings. The Balaban J connectivity index is 1.83. The molecule has 1 heterocycles. The number of nitrogens with one attached hydrogen (secondary N) is 3. The van der Waals surface area contributed by atoms with Gasteiger partial charge in [-0.1, -0.05) is 12.1 Å². The maximum atomic E-state index is 12.5. The van der Waals surface area contributed by atoms with E-state index in [1.54, 1.807) is 30.3 Å². The first kappa shape index (κ1) is 16.8. The highest BCUT2D eigenvalue weighted by molar-refractivity contribution is 7.92. The summed E-state index contributed by atoms with van der Waals surface area (Å²) in [6.07, 6.45) is 1.03. The third kappa shape index (κ3) is 4.07. The van der Waals surface area contributed by atoms with E-state index in [0.29, 0.717) is 22.7 Å². The van der Waals surface area contributed by atoms with Gasteiger partial charge in [0.15, 0.2) is 6.61 Å². The molecule has 0 radical (unpaired) electrons. The Morgan fingerprint density at radius 3 is 2.60 bits per heavy atom. The second-order valence-electron chi connectivity index (χ2n) is 5.42. The largest absolute Gasteiger partial charge is 0.482 e. The average molecular weight is 361 g/mol. The minimum absolute atomic E-state index is 0.112. The zero-order chi connectivity index (χ0) is 18.0. The van der Waals surface area contributed by atoms with Crippen LogP contribution in [0.4, 0.5) is 17.1 Å². The molecule has 0 atom stereocenters. The average Bonchev–Trinajstić information content (AvgIpc) is 2.54. The molecule has 2 aromatic rings. The monoisotopic (exact) mass is 361 g/mol. The maximum absolute atomic E-state index is 12.5. The number of carbonyl (C=O) groups excluding carboxylic acids is 2. The Morgan fingerprint density at radius 2 is 1.88 bits per heavy atom. The molecule has 0 aromatic heterocycles. The molecular formula is C16H15N3O5S. The molecule has 8 nitrogen and oxygen atoms in total. The molecule has 25 heavy (non-hydrogen) atoms. The maximum Gasteiger partial charge on any atom is 0.262 e. The van der Waals surface area contributed by atoms with Crippen molar-refractivity contribution in [2.24, 2.45) is 0 Å². The summed E-state index contributed by atoms with van der Waals surface area (Å²) in [4.78, 5) is 23.7. The van der Waals surface area contributed by atoms with Gasteiger partial charge in [-0.3, -0.25) is 14.3 Å². The van der Waals surface area contributed by atoms with Crippen molar-refractivity contribution in [2.45, 2.75) is 0 Å². The van der Waals surface area contributed by atoms with E-state index in [2.05, 4.69) is 15.4 Å². The lowest BCUT2D eigenvalue weighted by molar-refractivity contribution is -0.118. The molecule has 1 aliphatic rings. The first-order valence-electron chi connectivity index (χ1n) is 7.27. The molecule has 130 valence electrons. The summed E-state index contributed by atoms with van der Waals surface area (Å²) < 4.78 is 30.5. The predicted molar refractivity (Wildman–Crippen MR) is 93.4 cm³/mol. The van der Waals surface area contributed by atoms with E-state index in [9.17, 15) is 18.0 Å². The number of rotatable bonds is 4. The number of hydrogen-bond donors (Lipinski definition) is 3. The van der Waals surface area contributed by atoms with Gasteiger partial charge in [-0.2, -0.15) is 0 Å². The van der Waals surface area contributed by atoms with Gasteiger partial charge in [0.05, 0.1) is 23.3 Å². The topological polar surface area (TPSA) is 114 Å². The molecule has 0 saturated heterocycles. The van der Waals surface area contributed by atoms with Crippen LogP contribution in [0.2, 0.25) is 0 Å². The second kappa shape index (κ2) is 6.44. The van der Waals surface area contributed by atoms with E-state index >= 15 is 0 Å². The Bertz CT molecular complexity index is 956. The van der Waals surface area contributed by atoms with Gasteiger partial charge in [0.1, 0.15) is 5.75 Å². The predicted octanol–water partition coefficient (Wildman–Crippen LogP) is 1.64. The molecule has 0 aliphatic carbocycles. The Hall–Kier alpha value is -3.07. The van der Waals surface area contributed by atoms with Crippen molar-refractivity contribution in [1.29, 1.82) is 0 Å². The number of anilines is 3. The number of hydrogen-bond acceptors (Lipinski definition) is 5. The molecule has 0 spiro atoms. The smallest absolute Gasteiger partial charge is 0.262 e. The van der Waals surface area contributed by atoms with Crippen molar-refractivity contribution in [3.8, 4) is 5.75 Å². The molecule has 0 saturated carbocycles. The van der Waals surface area contributed by atoms with E-state index in [-0.39, 0.29) is 18.2 Å². The van der Waals surface area contributed by atoms with E-state index in [0.717, 1.165) is 6.26 Å². The Kier molecular flexibility index (Phi) is 4.32. The van der Waals surface area contributed by atoms with E-state index in [4.69, 9.17) is 4.74 Å². The molecule has 2 amide bonds. The number of ether oxygens (including phenoxy) is 1. The van der Waals surface area contributed by atoms with Crippen LogP contribution in [0, 0.1) is 0 Å². The molecule has 3 N–H and O–H groups in total. The number of sulfonamides is 1. The normalized spacial score (nSPS) is 13.2. The van der Waals surface area contributed by atoms with Gasteiger partial charge in [-0.05, 0) is 30.3 Å². The van der Waals surface area contributed by atoms with Crippen LogP contribution >= 0.6 is 0 Å². The van der Waals surface area contributed by atoms with Crippen LogP contribution in [0.1, 0.15) is 10.4 Å². The fraction of sp³-hybridized carbons (Fsp3) is 0.125. The van der Waals surface area contributed by atoms with Crippen LogP contribution in [0.3, 0.4) is 0 Å². The van der Waals surface area contributed by atoms with Gasteiger partial charge in [-0.15, -0.1) is 0 Å². The van der Waals surface area contributed by atoms with Crippen LogP contribution in [0.5, 0.6) is 5.75 Å². The number of fused-ring (bicyclic) bond motifs is 1. The summed E-state index contributed by atoms with van der Waals surface area (Å²) in [6.45, 7) is -0.112. The van der Waals surface area contributed by atoms with E-state index < -0.39 is 15.9 Å². The lowest BCUT2D eigenvalue weighted by Gasteiger charge is -2.18. The fourth-order valence-corrected chi connectivity index (χ4v) is 2.87. The Labute approximate surface area is 144 Å². The van der Waals surface area contributed by atoms with Crippen molar-refractivity contribution in [1.82, 2.24) is 0 Å². The summed E-state index contributed by atoms with van der Waals surface area (Å²) in [5.41, 5.74) is 1.39. The summed E-state index contributed by atoms with van der Waals surface area (Å²) in [5, 5.41) is 5.29. The van der Waals surface area contributed by atoms with Gasteiger partial charge in [0.25, 0.3) is 11.8 Å². The lowest BCUT2D eigenvalue weighted by atomic mass is 10.1. The second-order valence-corrected chi connectivity index (χ2v) is 7.17. The van der Waals surface area contributed by atoms with Crippen molar-refractivity contribution in [3.05, 3.63) is 48.0 Å². The van der Waals surface area contributed by atoms with Crippen LogP contribution in [0.15, 0.2) is 42.5 Å². The first-order valence-corrected chi connectivity index (χ1v) is 9.16. The van der Waals surface area contributed by atoms with Crippen molar-refractivity contribution in [2.75, 3.05) is 28.2 Å². The van der Waals surface area contributed by atoms with E-state index in [1.807, 2.05) is 0 Å². The van der Waals surface area contributed by atoms with Crippen molar-refractivity contribution < 1.29 is 22.7 Å². The SMILES string of the molecule is CS(=O)(=O)Nc1ccccc1NC(=O)c1ccc2c(c1)OCC(=O)N2. The van der Waals surface area contributed by atoms with Gasteiger partial charge < -0.3 is 15.4 Å². The van der Waals surface area contributed by atoms with Crippen LogP contribution in [-0.2, 0) is 14.8 Å². The minimum Gasteiger partial charge on any atom is -0.482 e. The summed E-state index contributed by atoms with van der Waals surface area (Å²) in [6, 6.07) is 11.1. The number of para-hydroxylation sites is 2. The molecule has 9 heteroatoms. The molecule has 2 aromatic carbocycles. The van der Waals surface area contributed by atoms with E-state index in [1.165, 1.54) is 12.1 Å². The Morgan fingerprint density at radius 1 is 1.16 bits per heavy atom. The fourth-order valence-electron chi connectivity index (χ4n) is 2.29. The van der Waals surface area contributed by atoms with Gasteiger partial charge >= 0.3 is 0 Å². The lowest BCUT2D eigenvalue weighted by Crippen LogP contribution is -2.25. The highest BCUT2D eigenvalue weighted by Gasteiger charge is 2.18. The van der Waals surface area contributed by atoms with Gasteiger partial charge in [0.2, 0.25) is 10.0 Å². The number of carbonyl (C=O) groups is 2. The molecule has 3 rings (SSSR count). The summed E-state index contributed by atoms with van der Waals surface area (Å²) in [7, 11) is -3.48. The quantitative estimate of drug-likeness (QED) is 0.766.